The van der Waals surface area contributed by atoms with Crippen molar-refractivity contribution in [3.8, 4) is 0 Å². The Morgan fingerprint density at radius 1 is 1.22 bits per heavy atom. The molecule has 23 heavy (non-hydrogen) atoms. The molecule has 0 bridgehead atoms. The van der Waals surface area contributed by atoms with E-state index in [1.807, 2.05) is 58.0 Å². The molecular weight excluding hydrogens is 309 g/mol. The van der Waals surface area contributed by atoms with Crippen molar-refractivity contribution in [2.24, 2.45) is 0 Å². The number of hydrogen-bond donors (Lipinski definition) is 2. The maximum atomic E-state index is 11.3. The van der Waals surface area contributed by atoms with E-state index >= 15 is 0 Å². The minimum atomic E-state index is -0.500. The van der Waals surface area contributed by atoms with Crippen LogP contribution in [0.25, 0.3) is 6.08 Å². The molecule has 124 valence electrons. The lowest BCUT2D eigenvalue weighted by molar-refractivity contribution is -0.118. The second-order valence-corrected chi connectivity index (χ2v) is 7.26. The number of hydrogen-bond acceptors (Lipinski definition) is 4. The van der Waals surface area contributed by atoms with Crippen LogP contribution in [0.2, 0.25) is 0 Å². The summed E-state index contributed by atoms with van der Waals surface area (Å²) in [6, 6.07) is 7.78. The number of benzene rings is 1. The predicted octanol–water partition coefficient (Wildman–Crippen LogP) is 3.13. The van der Waals surface area contributed by atoms with E-state index in [-0.39, 0.29) is 5.91 Å². The van der Waals surface area contributed by atoms with Crippen molar-refractivity contribution in [2.45, 2.75) is 50.7 Å². The molecule has 0 aromatic heterocycles. The Balaban J connectivity index is 2.32. The first-order valence-corrected chi connectivity index (χ1v) is 8.16. The quantitative estimate of drug-likeness (QED) is 0.657. The Labute approximate surface area is 144 Å². The van der Waals surface area contributed by atoms with Crippen LogP contribution in [0.5, 0.6) is 0 Å². The van der Waals surface area contributed by atoms with Gasteiger partial charge in [0.2, 0.25) is 5.91 Å². The summed E-state index contributed by atoms with van der Waals surface area (Å²) < 4.78 is 12.2. The Hall–Kier alpha value is -1.24. The summed E-state index contributed by atoms with van der Waals surface area (Å²) in [6.45, 7) is 9.90. The molecule has 1 aliphatic rings. The van der Waals surface area contributed by atoms with Crippen molar-refractivity contribution < 1.29 is 14.1 Å². The van der Waals surface area contributed by atoms with Crippen molar-refractivity contribution in [1.29, 1.82) is 0 Å². The Morgan fingerprint density at radius 3 is 2.30 bits per heavy atom. The lowest BCUT2D eigenvalue weighted by Crippen LogP contribution is -2.41. The SMILES string of the molecule is CC(=O)NCC(=Cc1ccccc1S)B1OC(C)(C)C(C)(C)O1. The van der Waals surface area contributed by atoms with E-state index in [1.54, 1.807) is 0 Å². The zero-order chi connectivity index (χ0) is 17.3. The maximum absolute atomic E-state index is 11.3. The van der Waals surface area contributed by atoms with E-state index in [0.29, 0.717) is 6.54 Å². The summed E-state index contributed by atoms with van der Waals surface area (Å²) in [5.41, 5.74) is 0.979. The smallest absolute Gasteiger partial charge is 0.400 e. The highest BCUT2D eigenvalue weighted by atomic mass is 32.1. The van der Waals surface area contributed by atoms with Gasteiger partial charge in [0.05, 0.1) is 11.2 Å². The van der Waals surface area contributed by atoms with E-state index in [0.717, 1.165) is 15.9 Å². The summed E-state index contributed by atoms with van der Waals surface area (Å²) in [6.07, 6.45) is 1.97. The van der Waals surface area contributed by atoms with E-state index in [2.05, 4.69) is 17.9 Å². The van der Waals surface area contributed by atoms with Gasteiger partial charge in [0.15, 0.2) is 0 Å². The highest BCUT2D eigenvalue weighted by Crippen LogP contribution is 2.38. The average molecular weight is 333 g/mol. The second-order valence-electron chi connectivity index (χ2n) is 6.78. The van der Waals surface area contributed by atoms with Crippen LogP contribution in [-0.4, -0.2) is 30.8 Å². The van der Waals surface area contributed by atoms with E-state index in [1.165, 1.54) is 6.92 Å². The fourth-order valence-electron chi connectivity index (χ4n) is 2.23. The van der Waals surface area contributed by atoms with Crippen LogP contribution in [-0.2, 0) is 14.1 Å². The lowest BCUT2D eigenvalue weighted by atomic mass is 9.77. The highest BCUT2D eigenvalue weighted by molar-refractivity contribution is 7.80. The predicted molar refractivity (Wildman–Crippen MR) is 96.4 cm³/mol. The number of thiol groups is 1. The molecule has 0 saturated carbocycles. The molecule has 1 aromatic carbocycles. The number of carbonyl (C=O) groups excluding carboxylic acids is 1. The van der Waals surface area contributed by atoms with E-state index in [9.17, 15) is 4.79 Å². The molecule has 0 spiro atoms. The third-order valence-electron chi connectivity index (χ3n) is 4.38. The number of rotatable bonds is 4. The van der Waals surface area contributed by atoms with Crippen LogP contribution in [0.1, 0.15) is 40.2 Å². The van der Waals surface area contributed by atoms with Crippen LogP contribution in [0.15, 0.2) is 34.6 Å². The van der Waals surface area contributed by atoms with Crippen LogP contribution in [0.4, 0.5) is 0 Å². The standard InChI is InChI=1S/C17H24BNO3S/c1-12(20)19-11-14(10-13-8-6-7-9-15(13)23)18-21-16(2,3)17(4,5)22-18/h6-10,23H,11H2,1-5H3,(H,19,20). The van der Waals surface area contributed by atoms with Crippen LogP contribution in [0, 0.1) is 0 Å². The summed E-state index contributed by atoms with van der Waals surface area (Å²) in [5.74, 6) is -0.0911. The number of carbonyl (C=O) groups is 1. The molecule has 0 aliphatic carbocycles. The molecule has 2 rings (SSSR count). The average Bonchev–Trinajstić information content (AvgIpc) is 2.65. The summed E-state index contributed by atoms with van der Waals surface area (Å²) >= 11 is 4.48. The van der Waals surface area contributed by atoms with Gasteiger partial charge >= 0.3 is 7.12 Å². The van der Waals surface area contributed by atoms with Gasteiger partial charge < -0.3 is 14.6 Å². The first-order chi connectivity index (χ1) is 10.6. The molecule has 1 N–H and O–H groups in total. The zero-order valence-corrected chi connectivity index (χ0v) is 15.2. The minimum absolute atomic E-state index is 0.0911. The molecule has 1 aliphatic heterocycles. The van der Waals surface area contributed by atoms with Crippen molar-refractivity contribution >= 4 is 31.7 Å². The fraction of sp³-hybridized carbons (Fsp3) is 0.471. The molecule has 1 heterocycles. The number of nitrogens with one attached hydrogen (secondary N) is 1. The minimum Gasteiger partial charge on any atom is -0.400 e. The topological polar surface area (TPSA) is 47.6 Å². The molecule has 0 atom stereocenters. The Kier molecular flexibility index (Phi) is 5.28. The monoisotopic (exact) mass is 333 g/mol. The number of amides is 1. The summed E-state index contributed by atoms with van der Waals surface area (Å²) in [4.78, 5) is 12.2. The van der Waals surface area contributed by atoms with Gasteiger partial charge in [-0.05, 0) is 44.8 Å². The Bertz CT molecular complexity index is 612. The van der Waals surface area contributed by atoms with Gasteiger partial charge in [-0.15, -0.1) is 12.6 Å². The fourth-order valence-corrected chi connectivity index (χ4v) is 2.46. The third-order valence-corrected chi connectivity index (χ3v) is 4.78. The molecule has 0 unspecified atom stereocenters. The van der Waals surface area contributed by atoms with Gasteiger partial charge in [-0.25, -0.2) is 0 Å². The van der Waals surface area contributed by atoms with Crippen molar-refractivity contribution in [1.82, 2.24) is 5.32 Å². The molecular formula is C17H24BNO3S. The molecule has 4 nitrogen and oxygen atoms in total. The zero-order valence-electron chi connectivity index (χ0n) is 14.3. The van der Waals surface area contributed by atoms with E-state index in [4.69, 9.17) is 9.31 Å². The van der Waals surface area contributed by atoms with Crippen LogP contribution < -0.4 is 5.32 Å². The first-order valence-electron chi connectivity index (χ1n) is 7.71. The molecule has 1 aromatic rings. The van der Waals surface area contributed by atoms with Gasteiger partial charge in [0.25, 0.3) is 0 Å². The summed E-state index contributed by atoms with van der Waals surface area (Å²) in [7, 11) is -0.500. The van der Waals surface area contributed by atoms with Gasteiger partial charge in [-0.1, -0.05) is 24.3 Å². The lowest BCUT2D eigenvalue weighted by Gasteiger charge is -2.32. The molecule has 0 radical (unpaired) electrons. The molecule has 6 heteroatoms. The van der Waals surface area contributed by atoms with Gasteiger partial charge in [-0.2, -0.15) is 0 Å². The van der Waals surface area contributed by atoms with Crippen LogP contribution >= 0.6 is 12.6 Å². The van der Waals surface area contributed by atoms with Crippen molar-refractivity contribution in [3.05, 3.63) is 35.3 Å². The molecule has 1 saturated heterocycles. The first kappa shape index (κ1) is 18.1. The largest absolute Gasteiger partial charge is 0.492 e. The normalized spacial score (nSPS) is 19.7. The second kappa shape index (κ2) is 6.71. The van der Waals surface area contributed by atoms with Crippen LogP contribution in [0.3, 0.4) is 0 Å². The van der Waals surface area contributed by atoms with Gasteiger partial charge in [0.1, 0.15) is 0 Å². The Morgan fingerprint density at radius 2 is 1.78 bits per heavy atom. The van der Waals surface area contributed by atoms with Crippen molar-refractivity contribution in [3.63, 3.8) is 0 Å². The highest BCUT2D eigenvalue weighted by Gasteiger charge is 2.52. The molecule has 1 fully saturated rings. The maximum Gasteiger partial charge on any atom is 0.492 e. The van der Waals surface area contributed by atoms with Gasteiger partial charge in [0, 0.05) is 18.4 Å². The van der Waals surface area contributed by atoms with Crippen molar-refractivity contribution in [2.75, 3.05) is 6.54 Å². The summed E-state index contributed by atoms with van der Waals surface area (Å²) in [5, 5.41) is 2.82. The molecule has 1 amide bonds. The van der Waals surface area contributed by atoms with E-state index < -0.39 is 18.3 Å². The van der Waals surface area contributed by atoms with Gasteiger partial charge in [-0.3, -0.25) is 4.79 Å². The third kappa shape index (κ3) is 4.19.